The Hall–Kier alpha value is -2.47. The van der Waals surface area contributed by atoms with Gasteiger partial charge in [-0.1, -0.05) is 93.5 Å². The summed E-state index contributed by atoms with van der Waals surface area (Å²) in [6, 6.07) is 14.1. The molecule has 1 N–H and O–H groups in total. The Labute approximate surface area is 265 Å². The minimum absolute atomic E-state index is 0.00907. The zero-order valence-electron chi connectivity index (χ0n) is 28.4. The highest BCUT2D eigenvalue weighted by molar-refractivity contribution is 8.00. The van der Waals surface area contributed by atoms with E-state index in [9.17, 15) is 9.59 Å². The summed E-state index contributed by atoms with van der Waals surface area (Å²) in [5.41, 5.74) is 4.62. The van der Waals surface area contributed by atoms with Crippen LogP contribution in [0.2, 0.25) is 0 Å². The van der Waals surface area contributed by atoms with Crippen LogP contribution in [0, 0.1) is 0 Å². The monoisotopic (exact) mass is 608 g/mol. The molecule has 238 valence electrons. The number of rotatable bonds is 13. The van der Waals surface area contributed by atoms with E-state index in [1.165, 1.54) is 16.7 Å². The number of unbranched alkanes of at least 4 members (excludes halogenated alkanes) is 1. The van der Waals surface area contributed by atoms with Gasteiger partial charge in [0.05, 0.1) is 12.0 Å². The van der Waals surface area contributed by atoms with Crippen molar-refractivity contribution >= 4 is 23.6 Å². The molecule has 1 fully saturated rings. The van der Waals surface area contributed by atoms with Gasteiger partial charge in [-0.05, 0) is 77.7 Å². The van der Waals surface area contributed by atoms with Crippen molar-refractivity contribution in [1.29, 1.82) is 0 Å². The average molecular weight is 609 g/mol. The van der Waals surface area contributed by atoms with Gasteiger partial charge >= 0.3 is 0 Å². The standard InChI is InChI=1S/C37H56N2O3S/c1-11-32-39(34(41)26-16-18-27(19-17-26)35(4,5)6)30(25-43-32)33(40)38-22-14-15-23-42-31-21-20-28(36(7,8)12-2)24-29(31)37(9,10)13-3/h16-21,24,30,32H,11-15,22-23,25H2,1-10H3,(H,38,40). The maximum Gasteiger partial charge on any atom is 0.255 e. The number of amides is 2. The van der Waals surface area contributed by atoms with Crippen LogP contribution in [-0.2, 0) is 21.0 Å². The van der Waals surface area contributed by atoms with Gasteiger partial charge in [-0.25, -0.2) is 0 Å². The van der Waals surface area contributed by atoms with Gasteiger partial charge < -0.3 is 15.0 Å². The van der Waals surface area contributed by atoms with Crippen molar-refractivity contribution in [2.45, 2.75) is 129 Å². The Morgan fingerprint density at radius 2 is 1.51 bits per heavy atom. The van der Waals surface area contributed by atoms with Crippen molar-refractivity contribution in [3.8, 4) is 5.75 Å². The third-order valence-corrected chi connectivity index (χ3v) is 10.8. The van der Waals surface area contributed by atoms with Gasteiger partial charge in [0.25, 0.3) is 5.91 Å². The zero-order chi connectivity index (χ0) is 32.0. The molecule has 0 saturated carbocycles. The highest BCUT2D eigenvalue weighted by atomic mass is 32.2. The number of thioether (sulfide) groups is 1. The molecule has 3 rings (SSSR count). The van der Waals surface area contributed by atoms with E-state index < -0.39 is 6.04 Å². The van der Waals surface area contributed by atoms with Crippen molar-refractivity contribution in [2.24, 2.45) is 0 Å². The smallest absolute Gasteiger partial charge is 0.255 e. The van der Waals surface area contributed by atoms with Crippen LogP contribution >= 0.6 is 11.8 Å². The van der Waals surface area contributed by atoms with Gasteiger partial charge in [-0.15, -0.1) is 11.8 Å². The van der Waals surface area contributed by atoms with E-state index >= 15 is 0 Å². The summed E-state index contributed by atoms with van der Waals surface area (Å²) in [7, 11) is 0. The van der Waals surface area contributed by atoms with E-state index in [4.69, 9.17) is 4.74 Å². The number of hydrogen-bond donors (Lipinski definition) is 1. The molecule has 2 aromatic carbocycles. The first-order chi connectivity index (χ1) is 20.2. The number of carbonyl (C=O) groups excluding carboxylic acids is 2. The summed E-state index contributed by atoms with van der Waals surface area (Å²) < 4.78 is 6.32. The third-order valence-electron chi connectivity index (χ3n) is 9.36. The fourth-order valence-electron chi connectivity index (χ4n) is 5.35. The molecule has 6 heteroatoms. The summed E-state index contributed by atoms with van der Waals surface area (Å²) in [4.78, 5) is 28.6. The predicted octanol–water partition coefficient (Wildman–Crippen LogP) is 8.63. The lowest BCUT2D eigenvalue weighted by atomic mass is 9.76. The zero-order valence-corrected chi connectivity index (χ0v) is 29.2. The molecule has 0 bridgehead atoms. The Morgan fingerprint density at radius 1 is 0.884 bits per heavy atom. The molecule has 0 aliphatic carbocycles. The van der Waals surface area contributed by atoms with E-state index in [-0.39, 0.29) is 33.4 Å². The topological polar surface area (TPSA) is 58.6 Å². The molecule has 2 atom stereocenters. The van der Waals surface area contributed by atoms with Crippen molar-refractivity contribution in [3.05, 3.63) is 64.7 Å². The van der Waals surface area contributed by atoms with E-state index in [2.05, 4.69) is 92.8 Å². The summed E-state index contributed by atoms with van der Waals surface area (Å²) in [6.07, 6.45) is 4.59. The number of carbonyl (C=O) groups is 2. The number of nitrogens with one attached hydrogen (secondary N) is 1. The molecule has 2 unspecified atom stereocenters. The van der Waals surface area contributed by atoms with Crippen LogP contribution in [0.1, 0.15) is 128 Å². The maximum atomic E-state index is 13.6. The Bertz CT molecular complexity index is 1230. The Balaban J connectivity index is 1.56. The molecular weight excluding hydrogens is 552 g/mol. The van der Waals surface area contributed by atoms with E-state index in [1.807, 2.05) is 24.3 Å². The van der Waals surface area contributed by atoms with Gasteiger partial charge in [-0.3, -0.25) is 9.59 Å². The Kier molecular flexibility index (Phi) is 11.8. The number of hydrogen-bond acceptors (Lipinski definition) is 4. The fraction of sp³-hybridized carbons (Fsp3) is 0.622. The SMILES string of the molecule is CCC1SCC(C(=O)NCCCCOc2ccc(C(C)(C)CC)cc2C(C)(C)CC)N1C(=O)c1ccc(C(C)(C)C)cc1. The largest absolute Gasteiger partial charge is 0.493 e. The van der Waals surface area contributed by atoms with Crippen LogP contribution in [0.15, 0.2) is 42.5 Å². The average Bonchev–Trinajstić information content (AvgIpc) is 3.42. The molecule has 1 aliphatic rings. The van der Waals surface area contributed by atoms with Crippen molar-refractivity contribution in [1.82, 2.24) is 10.2 Å². The second-order valence-corrected chi connectivity index (χ2v) is 15.5. The summed E-state index contributed by atoms with van der Waals surface area (Å²) in [6.45, 7) is 23.4. The van der Waals surface area contributed by atoms with Crippen molar-refractivity contribution in [2.75, 3.05) is 18.9 Å². The third kappa shape index (κ3) is 8.59. The minimum Gasteiger partial charge on any atom is -0.493 e. The molecule has 0 radical (unpaired) electrons. The fourth-order valence-corrected chi connectivity index (χ4v) is 6.71. The van der Waals surface area contributed by atoms with Crippen molar-refractivity contribution < 1.29 is 14.3 Å². The van der Waals surface area contributed by atoms with Crippen LogP contribution in [0.3, 0.4) is 0 Å². The van der Waals surface area contributed by atoms with E-state index in [0.29, 0.717) is 24.5 Å². The maximum absolute atomic E-state index is 13.6. The van der Waals surface area contributed by atoms with Gasteiger partial charge in [-0.2, -0.15) is 0 Å². The molecule has 5 nitrogen and oxygen atoms in total. The molecule has 1 heterocycles. The first-order valence-corrected chi connectivity index (χ1v) is 17.3. The molecule has 0 aromatic heterocycles. The molecular formula is C37H56N2O3S. The van der Waals surface area contributed by atoms with Crippen molar-refractivity contribution in [3.63, 3.8) is 0 Å². The minimum atomic E-state index is -0.453. The normalized spacial score (nSPS) is 17.7. The molecule has 1 saturated heterocycles. The molecule has 2 aromatic rings. The summed E-state index contributed by atoms with van der Waals surface area (Å²) >= 11 is 1.70. The first-order valence-electron chi connectivity index (χ1n) is 16.3. The molecule has 1 aliphatic heterocycles. The number of benzene rings is 2. The lowest BCUT2D eigenvalue weighted by molar-refractivity contribution is -0.124. The van der Waals surface area contributed by atoms with E-state index in [0.717, 1.165) is 37.9 Å². The van der Waals surface area contributed by atoms with Gasteiger partial charge in [0.1, 0.15) is 11.8 Å². The van der Waals surface area contributed by atoms with Crippen LogP contribution in [0.4, 0.5) is 0 Å². The van der Waals surface area contributed by atoms with Crippen LogP contribution in [0.5, 0.6) is 5.75 Å². The molecule has 2 amide bonds. The van der Waals surface area contributed by atoms with E-state index in [1.54, 1.807) is 16.7 Å². The highest BCUT2D eigenvalue weighted by Crippen LogP contribution is 2.38. The van der Waals surface area contributed by atoms with Crippen LogP contribution < -0.4 is 10.1 Å². The summed E-state index contributed by atoms with van der Waals surface area (Å²) in [5.74, 6) is 1.46. The highest BCUT2D eigenvalue weighted by Gasteiger charge is 2.41. The summed E-state index contributed by atoms with van der Waals surface area (Å²) in [5, 5.41) is 3.12. The molecule has 0 spiro atoms. The van der Waals surface area contributed by atoms with Crippen LogP contribution in [-0.4, -0.2) is 47.0 Å². The lowest BCUT2D eigenvalue weighted by Crippen LogP contribution is -2.49. The lowest BCUT2D eigenvalue weighted by Gasteiger charge is -2.30. The second kappa shape index (κ2) is 14.5. The molecule has 43 heavy (non-hydrogen) atoms. The van der Waals surface area contributed by atoms with Gasteiger partial charge in [0.15, 0.2) is 0 Å². The number of nitrogens with zero attached hydrogens (tertiary/aromatic N) is 1. The van der Waals surface area contributed by atoms with Crippen LogP contribution in [0.25, 0.3) is 0 Å². The Morgan fingerprint density at radius 3 is 2.09 bits per heavy atom. The number of ether oxygens (including phenoxy) is 1. The predicted molar refractivity (Wildman–Crippen MR) is 182 cm³/mol. The van der Waals surface area contributed by atoms with Gasteiger partial charge in [0, 0.05) is 23.4 Å². The quantitative estimate of drug-likeness (QED) is 0.231. The van der Waals surface area contributed by atoms with Gasteiger partial charge in [0.2, 0.25) is 5.91 Å². The first kappa shape index (κ1) is 35.0. The second-order valence-electron chi connectivity index (χ2n) is 14.3.